The molecule has 2 heterocycles. The van der Waals surface area contributed by atoms with E-state index >= 15 is 0 Å². The van der Waals surface area contributed by atoms with E-state index in [0.29, 0.717) is 13.1 Å². The highest BCUT2D eigenvalue weighted by molar-refractivity contribution is 5.72. The summed E-state index contributed by atoms with van der Waals surface area (Å²) in [6.45, 7) is 1.17. The number of hydrogen-bond acceptors (Lipinski definition) is 4. The van der Waals surface area contributed by atoms with Crippen LogP contribution in [0.3, 0.4) is 0 Å². The second kappa shape index (κ2) is 3.71. The maximum absolute atomic E-state index is 10.9. The van der Waals surface area contributed by atoms with Gasteiger partial charge in [0.25, 0.3) is 0 Å². The quantitative estimate of drug-likeness (QED) is 0.684. The zero-order valence-corrected chi connectivity index (χ0v) is 7.55. The van der Waals surface area contributed by atoms with Crippen LogP contribution in [0, 0.1) is 5.92 Å². The Balaban J connectivity index is 2.22. The summed E-state index contributed by atoms with van der Waals surface area (Å²) in [5.41, 5.74) is 0.755. The van der Waals surface area contributed by atoms with Crippen LogP contribution < -0.4 is 5.32 Å². The SMILES string of the molecule is O=C(O)C1CNCC1c1cccnn1. The first-order valence-corrected chi connectivity index (χ1v) is 4.50. The van der Waals surface area contributed by atoms with Crippen LogP contribution in [0.5, 0.6) is 0 Å². The van der Waals surface area contributed by atoms with E-state index in [1.165, 1.54) is 0 Å². The van der Waals surface area contributed by atoms with Crippen molar-refractivity contribution in [1.82, 2.24) is 15.5 Å². The molecule has 2 rings (SSSR count). The van der Waals surface area contributed by atoms with Crippen molar-refractivity contribution in [3.63, 3.8) is 0 Å². The molecule has 14 heavy (non-hydrogen) atoms. The lowest BCUT2D eigenvalue weighted by Crippen LogP contribution is -2.21. The van der Waals surface area contributed by atoms with Crippen molar-refractivity contribution in [1.29, 1.82) is 0 Å². The lowest BCUT2D eigenvalue weighted by atomic mass is 9.93. The van der Waals surface area contributed by atoms with Crippen molar-refractivity contribution >= 4 is 5.97 Å². The van der Waals surface area contributed by atoms with E-state index in [-0.39, 0.29) is 11.8 Å². The topological polar surface area (TPSA) is 75.1 Å². The minimum atomic E-state index is -0.773. The Morgan fingerprint density at radius 1 is 1.57 bits per heavy atom. The molecule has 1 aromatic heterocycles. The number of aromatic nitrogens is 2. The Hall–Kier alpha value is -1.49. The summed E-state index contributed by atoms with van der Waals surface area (Å²) in [7, 11) is 0. The summed E-state index contributed by atoms with van der Waals surface area (Å²) >= 11 is 0. The van der Waals surface area contributed by atoms with Crippen molar-refractivity contribution in [2.24, 2.45) is 5.92 Å². The van der Waals surface area contributed by atoms with Gasteiger partial charge in [-0.2, -0.15) is 10.2 Å². The highest BCUT2D eigenvalue weighted by atomic mass is 16.4. The lowest BCUT2D eigenvalue weighted by molar-refractivity contribution is -0.141. The first-order chi connectivity index (χ1) is 6.79. The summed E-state index contributed by atoms with van der Waals surface area (Å²) in [5.74, 6) is -1.21. The largest absolute Gasteiger partial charge is 0.481 e. The molecule has 0 aliphatic carbocycles. The normalized spacial score (nSPS) is 26.3. The van der Waals surface area contributed by atoms with Gasteiger partial charge in [0, 0.05) is 25.2 Å². The predicted molar refractivity (Wildman–Crippen MR) is 48.8 cm³/mol. The number of carboxylic acids is 1. The van der Waals surface area contributed by atoms with Gasteiger partial charge < -0.3 is 10.4 Å². The van der Waals surface area contributed by atoms with Gasteiger partial charge in [-0.05, 0) is 12.1 Å². The molecule has 2 N–H and O–H groups in total. The lowest BCUT2D eigenvalue weighted by Gasteiger charge is -2.12. The molecule has 74 valence electrons. The number of nitrogens with zero attached hydrogens (tertiary/aromatic N) is 2. The van der Waals surface area contributed by atoms with Gasteiger partial charge >= 0.3 is 5.97 Å². The fourth-order valence-electron chi connectivity index (χ4n) is 1.76. The van der Waals surface area contributed by atoms with Crippen molar-refractivity contribution in [2.45, 2.75) is 5.92 Å². The molecular formula is C9H11N3O2. The minimum absolute atomic E-state index is 0.0544. The third-order valence-corrected chi connectivity index (χ3v) is 2.50. The van der Waals surface area contributed by atoms with Gasteiger partial charge in [-0.3, -0.25) is 4.79 Å². The molecule has 2 atom stereocenters. The number of carboxylic acid groups (broad SMARTS) is 1. The molecule has 1 aromatic rings. The third kappa shape index (κ3) is 1.58. The van der Waals surface area contributed by atoms with Crippen LogP contribution in [-0.2, 0) is 4.79 Å². The smallest absolute Gasteiger partial charge is 0.308 e. The molecule has 2 unspecified atom stereocenters. The fraction of sp³-hybridized carbons (Fsp3) is 0.444. The Morgan fingerprint density at radius 2 is 2.43 bits per heavy atom. The summed E-state index contributed by atoms with van der Waals surface area (Å²) < 4.78 is 0. The van der Waals surface area contributed by atoms with Gasteiger partial charge in [0.2, 0.25) is 0 Å². The fourth-order valence-corrected chi connectivity index (χ4v) is 1.76. The van der Waals surface area contributed by atoms with Crippen LogP contribution >= 0.6 is 0 Å². The van der Waals surface area contributed by atoms with Gasteiger partial charge in [0.05, 0.1) is 11.6 Å². The number of hydrogen-bond donors (Lipinski definition) is 2. The van der Waals surface area contributed by atoms with Crippen LogP contribution in [0.4, 0.5) is 0 Å². The summed E-state index contributed by atoms with van der Waals surface area (Å²) in [6.07, 6.45) is 1.58. The Kier molecular flexibility index (Phi) is 2.41. The molecule has 1 aliphatic heterocycles. The van der Waals surface area contributed by atoms with Crippen molar-refractivity contribution in [2.75, 3.05) is 13.1 Å². The Bertz CT molecular complexity index is 328. The van der Waals surface area contributed by atoms with E-state index in [0.717, 1.165) is 5.69 Å². The zero-order chi connectivity index (χ0) is 9.97. The molecule has 0 spiro atoms. The third-order valence-electron chi connectivity index (χ3n) is 2.50. The highest BCUT2D eigenvalue weighted by Gasteiger charge is 2.34. The Labute approximate surface area is 81.2 Å². The van der Waals surface area contributed by atoms with E-state index in [1.807, 2.05) is 6.07 Å². The summed E-state index contributed by atoms with van der Waals surface area (Å²) in [4.78, 5) is 10.9. The molecule has 0 radical (unpaired) electrons. The average Bonchev–Trinajstić information content (AvgIpc) is 2.67. The zero-order valence-electron chi connectivity index (χ0n) is 7.55. The minimum Gasteiger partial charge on any atom is -0.481 e. The molecule has 5 heteroatoms. The molecular weight excluding hydrogens is 182 g/mol. The summed E-state index contributed by atoms with van der Waals surface area (Å²) in [5, 5.41) is 19.7. The molecule has 0 amide bonds. The van der Waals surface area contributed by atoms with Crippen LogP contribution in [0.1, 0.15) is 11.6 Å². The standard InChI is InChI=1S/C9H11N3O2/c13-9(14)7-5-10-4-6(7)8-2-1-3-11-12-8/h1-3,6-7,10H,4-5H2,(H,13,14). The van der Waals surface area contributed by atoms with Crippen molar-refractivity contribution in [3.8, 4) is 0 Å². The molecule has 0 bridgehead atoms. The molecule has 0 aromatic carbocycles. The number of rotatable bonds is 2. The number of carbonyl (C=O) groups is 1. The molecule has 1 fully saturated rings. The molecule has 1 aliphatic rings. The number of nitrogens with one attached hydrogen (secondary N) is 1. The monoisotopic (exact) mass is 193 g/mol. The van der Waals surface area contributed by atoms with E-state index in [4.69, 9.17) is 5.11 Å². The van der Waals surface area contributed by atoms with Crippen LogP contribution in [-0.4, -0.2) is 34.4 Å². The van der Waals surface area contributed by atoms with E-state index in [2.05, 4.69) is 15.5 Å². The van der Waals surface area contributed by atoms with E-state index in [9.17, 15) is 4.79 Å². The van der Waals surface area contributed by atoms with E-state index in [1.54, 1.807) is 12.3 Å². The second-order valence-electron chi connectivity index (χ2n) is 3.36. The van der Waals surface area contributed by atoms with Gasteiger partial charge in [-0.25, -0.2) is 0 Å². The maximum Gasteiger partial charge on any atom is 0.308 e. The Morgan fingerprint density at radius 3 is 3.07 bits per heavy atom. The van der Waals surface area contributed by atoms with Gasteiger partial charge in [-0.1, -0.05) is 0 Å². The second-order valence-corrected chi connectivity index (χ2v) is 3.36. The van der Waals surface area contributed by atoms with Crippen LogP contribution in [0.15, 0.2) is 18.3 Å². The summed E-state index contributed by atoms with van der Waals surface area (Å²) in [6, 6.07) is 3.60. The molecule has 0 saturated carbocycles. The highest BCUT2D eigenvalue weighted by Crippen LogP contribution is 2.26. The molecule has 1 saturated heterocycles. The van der Waals surface area contributed by atoms with Crippen molar-refractivity contribution < 1.29 is 9.90 Å². The predicted octanol–water partition coefficient (Wildman–Crippen LogP) is -0.136. The molecule has 5 nitrogen and oxygen atoms in total. The maximum atomic E-state index is 10.9. The van der Waals surface area contributed by atoms with Crippen LogP contribution in [0.25, 0.3) is 0 Å². The van der Waals surface area contributed by atoms with E-state index < -0.39 is 5.97 Å². The first kappa shape index (κ1) is 9.08. The van der Waals surface area contributed by atoms with Gasteiger partial charge in [0.15, 0.2) is 0 Å². The van der Waals surface area contributed by atoms with Gasteiger partial charge in [0.1, 0.15) is 0 Å². The van der Waals surface area contributed by atoms with Crippen molar-refractivity contribution in [3.05, 3.63) is 24.0 Å². The van der Waals surface area contributed by atoms with Crippen LogP contribution in [0.2, 0.25) is 0 Å². The first-order valence-electron chi connectivity index (χ1n) is 4.50. The number of aliphatic carboxylic acids is 1. The van der Waals surface area contributed by atoms with Gasteiger partial charge in [-0.15, -0.1) is 0 Å². The average molecular weight is 193 g/mol.